The largest absolute Gasteiger partial charge is 0.371 e. The van der Waals surface area contributed by atoms with Crippen molar-refractivity contribution >= 4 is 28.4 Å². The second-order valence-electron chi connectivity index (χ2n) is 10.4. The van der Waals surface area contributed by atoms with Crippen LogP contribution < -0.4 is 4.90 Å². The lowest BCUT2D eigenvalue weighted by Crippen LogP contribution is -2.31. The van der Waals surface area contributed by atoms with E-state index < -0.39 is 0 Å². The number of halogens is 1. The van der Waals surface area contributed by atoms with Crippen molar-refractivity contribution in [1.29, 1.82) is 0 Å². The molecule has 1 saturated heterocycles. The maximum absolute atomic E-state index is 15.3. The summed E-state index contributed by atoms with van der Waals surface area (Å²) in [5.74, 6) is 0.244. The van der Waals surface area contributed by atoms with Gasteiger partial charge in [0, 0.05) is 53.4 Å². The van der Waals surface area contributed by atoms with Gasteiger partial charge in [-0.3, -0.25) is 0 Å². The van der Waals surface area contributed by atoms with Crippen LogP contribution in [0.25, 0.3) is 22.6 Å². The third kappa shape index (κ3) is 3.63. The summed E-state index contributed by atoms with van der Waals surface area (Å²) in [6.45, 7) is 9.67. The minimum Gasteiger partial charge on any atom is -0.371 e. The van der Waals surface area contributed by atoms with Gasteiger partial charge in [0.05, 0.1) is 23.1 Å². The molecule has 1 unspecified atom stereocenters. The Hall–Kier alpha value is -3.19. The van der Waals surface area contributed by atoms with E-state index in [9.17, 15) is 0 Å². The predicted molar refractivity (Wildman–Crippen MR) is 144 cm³/mol. The normalized spacial score (nSPS) is 19.8. The van der Waals surface area contributed by atoms with Gasteiger partial charge < -0.3 is 9.80 Å². The van der Waals surface area contributed by atoms with Crippen LogP contribution in [-0.2, 0) is 6.42 Å². The minimum atomic E-state index is -0.228. The van der Waals surface area contributed by atoms with E-state index in [1.807, 2.05) is 34.1 Å². The number of benzene rings is 1. The highest BCUT2D eigenvalue weighted by atomic mass is 32.1. The Morgan fingerprint density at radius 2 is 1.92 bits per heavy atom. The number of rotatable bonds is 5. The second-order valence-corrected chi connectivity index (χ2v) is 11.4. The fraction of sp³-hybridized carbons (Fsp3) is 0.379. The number of hydrogen-bond donors (Lipinski definition) is 0. The van der Waals surface area contributed by atoms with E-state index in [1.54, 1.807) is 6.07 Å². The number of aromatic nitrogens is 3. The molecule has 5 nitrogen and oxygen atoms in total. The van der Waals surface area contributed by atoms with Crippen molar-refractivity contribution in [3.05, 3.63) is 76.0 Å². The van der Waals surface area contributed by atoms with E-state index in [2.05, 4.69) is 40.8 Å². The summed E-state index contributed by atoms with van der Waals surface area (Å²) in [4.78, 5) is 11.1. The number of hydrogen-bond acceptors (Lipinski definition) is 5. The molecule has 0 radical (unpaired) electrons. The quantitative estimate of drug-likeness (QED) is 0.308. The van der Waals surface area contributed by atoms with Crippen LogP contribution in [0.2, 0.25) is 0 Å². The summed E-state index contributed by atoms with van der Waals surface area (Å²) >= 11 is 1.85. The molecular formula is C29H30FN5S. The fourth-order valence-corrected chi connectivity index (χ4v) is 6.82. The topological polar surface area (TPSA) is 36.7 Å². The Balaban J connectivity index is 1.25. The summed E-state index contributed by atoms with van der Waals surface area (Å²) in [6, 6.07) is 12.1. The van der Waals surface area contributed by atoms with Crippen molar-refractivity contribution in [2.24, 2.45) is 0 Å². The predicted octanol–water partition coefficient (Wildman–Crippen LogP) is 6.66. The first kappa shape index (κ1) is 22.0. The minimum absolute atomic E-state index is 0.228. The van der Waals surface area contributed by atoms with Crippen LogP contribution in [0.4, 0.5) is 10.1 Å². The van der Waals surface area contributed by atoms with E-state index in [4.69, 9.17) is 10.1 Å². The fourth-order valence-electron chi connectivity index (χ4n) is 5.86. The molecule has 4 aromatic rings. The van der Waals surface area contributed by atoms with Crippen molar-refractivity contribution in [3.63, 3.8) is 0 Å². The zero-order valence-corrected chi connectivity index (χ0v) is 21.4. The zero-order valence-electron chi connectivity index (χ0n) is 20.6. The first-order chi connectivity index (χ1) is 17.6. The van der Waals surface area contributed by atoms with Gasteiger partial charge in [-0.25, -0.2) is 13.9 Å². The van der Waals surface area contributed by atoms with Crippen molar-refractivity contribution < 1.29 is 4.39 Å². The van der Waals surface area contributed by atoms with Crippen LogP contribution in [-0.4, -0.2) is 39.1 Å². The van der Waals surface area contributed by atoms with Crippen LogP contribution >= 0.6 is 11.3 Å². The molecule has 5 heterocycles. The highest BCUT2D eigenvalue weighted by Gasteiger charge is 2.31. The van der Waals surface area contributed by atoms with Gasteiger partial charge in [-0.1, -0.05) is 6.58 Å². The van der Waals surface area contributed by atoms with Crippen molar-refractivity contribution in [1.82, 2.24) is 19.5 Å². The Labute approximate surface area is 214 Å². The van der Waals surface area contributed by atoms with Crippen molar-refractivity contribution in [2.45, 2.75) is 51.0 Å². The summed E-state index contributed by atoms with van der Waals surface area (Å²) in [5.41, 5.74) is 7.27. The smallest absolute Gasteiger partial charge is 0.156 e. The van der Waals surface area contributed by atoms with Gasteiger partial charge in [0.2, 0.25) is 0 Å². The van der Waals surface area contributed by atoms with Gasteiger partial charge in [0.1, 0.15) is 5.82 Å². The lowest BCUT2D eigenvalue weighted by Gasteiger charge is -2.36. The molecule has 1 saturated carbocycles. The molecule has 0 amide bonds. The molecule has 0 spiro atoms. The summed E-state index contributed by atoms with van der Waals surface area (Å²) in [5, 5.41) is 7.03. The third-order valence-electron chi connectivity index (χ3n) is 8.07. The monoisotopic (exact) mass is 499 g/mol. The number of fused-ring (bicyclic) bond motifs is 2. The molecule has 1 atom stereocenters. The van der Waals surface area contributed by atoms with E-state index in [-0.39, 0.29) is 11.9 Å². The Bertz CT molecular complexity index is 1480. The maximum atomic E-state index is 15.3. The number of thiophene rings is 1. The SMILES string of the molecule is C=C(c1cc(C2CC2)n2nc(-c3ccc(N4CCCC4)cc3F)cc2n1)N1CCc2sccc2C1C. The molecule has 0 bridgehead atoms. The molecule has 0 N–H and O–H groups in total. The van der Waals surface area contributed by atoms with Gasteiger partial charge in [-0.2, -0.15) is 5.10 Å². The van der Waals surface area contributed by atoms with Gasteiger partial charge in [0.25, 0.3) is 0 Å². The van der Waals surface area contributed by atoms with Crippen molar-refractivity contribution in [2.75, 3.05) is 24.5 Å². The molecule has 7 heteroatoms. The molecule has 7 rings (SSSR count). The van der Waals surface area contributed by atoms with E-state index in [0.717, 1.165) is 67.3 Å². The van der Waals surface area contributed by atoms with E-state index >= 15 is 4.39 Å². The van der Waals surface area contributed by atoms with Gasteiger partial charge >= 0.3 is 0 Å². The first-order valence-electron chi connectivity index (χ1n) is 13.0. The van der Waals surface area contributed by atoms with Crippen LogP contribution in [0.15, 0.2) is 48.4 Å². The standard InChI is InChI=1S/C29H30FN5S/c1-18-22-10-14-36-28(22)9-13-34(18)19(2)25-16-27(20-5-6-20)35-29(31-25)17-26(32-35)23-8-7-21(15-24(23)30)33-11-3-4-12-33/h7-8,10,14-18,20H,2-6,9,11-13H2,1H3. The average molecular weight is 500 g/mol. The van der Waals surface area contributed by atoms with Gasteiger partial charge in [-0.15, -0.1) is 11.3 Å². The molecule has 3 aliphatic rings. The van der Waals surface area contributed by atoms with Crippen LogP contribution in [0.3, 0.4) is 0 Å². The zero-order chi connectivity index (χ0) is 24.4. The highest BCUT2D eigenvalue weighted by molar-refractivity contribution is 7.10. The molecule has 3 aromatic heterocycles. The molecule has 2 fully saturated rings. The van der Waals surface area contributed by atoms with Gasteiger partial charge in [-0.05, 0) is 80.3 Å². The maximum Gasteiger partial charge on any atom is 0.156 e. The molecule has 1 aromatic carbocycles. The Morgan fingerprint density at radius 1 is 1.08 bits per heavy atom. The number of anilines is 1. The summed E-state index contributed by atoms with van der Waals surface area (Å²) in [6.07, 6.45) is 5.68. The molecule has 2 aliphatic heterocycles. The molecular weight excluding hydrogens is 469 g/mol. The average Bonchev–Trinajstić information content (AvgIpc) is 3.27. The van der Waals surface area contributed by atoms with E-state index in [1.165, 1.54) is 23.3 Å². The first-order valence-corrected chi connectivity index (χ1v) is 13.9. The summed E-state index contributed by atoms with van der Waals surface area (Å²) < 4.78 is 17.2. The third-order valence-corrected chi connectivity index (χ3v) is 9.07. The molecule has 1 aliphatic carbocycles. The van der Waals surface area contributed by atoms with Crippen LogP contribution in [0.1, 0.15) is 66.4 Å². The van der Waals surface area contributed by atoms with Crippen molar-refractivity contribution in [3.8, 4) is 11.3 Å². The lowest BCUT2D eigenvalue weighted by molar-refractivity contribution is 0.303. The van der Waals surface area contributed by atoms with Gasteiger partial charge in [0.15, 0.2) is 5.65 Å². The molecule has 36 heavy (non-hydrogen) atoms. The lowest BCUT2D eigenvalue weighted by atomic mass is 10.00. The highest BCUT2D eigenvalue weighted by Crippen LogP contribution is 2.42. The molecule has 184 valence electrons. The van der Waals surface area contributed by atoms with Crippen LogP contribution in [0.5, 0.6) is 0 Å². The Morgan fingerprint density at radius 3 is 2.69 bits per heavy atom. The Kier molecular flexibility index (Phi) is 5.17. The summed E-state index contributed by atoms with van der Waals surface area (Å²) in [7, 11) is 0. The van der Waals surface area contributed by atoms with E-state index in [0.29, 0.717) is 17.2 Å². The number of nitrogens with zero attached hydrogens (tertiary/aromatic N) is 5. The van der Waals surface area contributed by atoms with Crippen LogP contribution in [0, 0.1) is 5.82 Å². The second kappa shape index (κ2) is 8.44.